The van der Waals surface area contributed by atoms with E-state index in [1.54, 1.807) is 0 Å². The van der Waals surface area contributed by atoms with Gasteiger partial charge in [-0.25, -0.2) is 4.79 Å². The number of hydrogen-bond donors (Lipinski definition) is 2. The van der Waals surface area contributed by atoms with E-state index in [1.165, 1.54) is 11.9 Å². The molecule has 3 aromatic rings. The van der Waals surface area contributed by atoms with E-state index in [1.807, 2.05) is 60.4 Å². The zero-order valence-corrected chi connectivity index (χ0v) is 25.3. The fourth-order valence-electron chi connectivity index (χ4n) is 5.78. The third-order valence-corrected chi connectivity index (χ3v) is 8.78. The lowest BCUT2D eigenvalue weighted by Gasteiger charge is -2.23. The lowest BCUT2D eigenvalue weighted by molar-refractivity contribution is -0.131. The van der Waals surface area contributed by atoms with Gasteiger partial charge in [0.05, 0.1) is 13.2 Å². The molecule has 42 heavy (non-hydrogen) atoms. The molecule has 1 aliphatic heterocycles. The van der Waals surface area contributed by atoms with Gasteiger partial charge in [0.1, 0.15) is 11.4 Å². The minimum absolute atomic E-state index is 0.170. The zero-order chi connectivity index (χ0) is 29.4. The van der Waals surface area contributed by atoms with Crippen molar-refractivity contribution in [1.29, 1.82) is 0 Å². The Morgan fingerprint density at radius 2 is 1.76 bits per heavy atom. The summed E-state index contributed by atoms with van der Waals surface area (Å²) in [7, 11) is 0. The first-order valence-corrected chi connectivity index (χ1v) is 15.8. The van der Waals surface area contributed by atoms with Crippen molar-refractivity contribution in [3.8, 4) is 11.1 Å². The molecule has 7 nitrogen and oxygen atoms in total. The largest absolute Gasteiger partial charge is 0.377 e. The summed E-state index contributed by atoms with van der Waals surface area (Å²) in [6, 6.07) is 23.5. The summed E-state index contributed by atoms with van der Waals surface area (Å²) in [6.07, 6.45) is 6.79. The molecule has 0 bridgehead atoms. The number of amidine groups is 1. The smallest absolute Gasteiger partial charge is 0.329 e. The minimum Gasteiger partial charge on any atom is -0.377 e. The van der Waals surface area contributed by atoms with Crippen LogP contribution in [0.15, 0.2) is 82.7 Å². The number of carbonyl (C=O) groups excluding carboxylic acids is 2. The number of rotatable bonds is 12. The van der Waals surface area contributed by atoms with Crippen LogP contribution in [0.25, 0.3) is 11.1 Å². The second kappa shape index (κ2) is 14.0. The second-order valence-electron chi connectivity index (χ2n) is 10.9. The standard InChI is InChI=1S/C34H40N4O3S/c1-3-5-17-31-36-34(20-11-12-21-34)32(39)38(31)23-25-18-19-28(26(22-25)24-41-4-2)29-15-9-10-16-30(29)42-37-33(40)35-27-13-7-6-8-14-27/h6-10,13-16,18-19,22H,3-5,11-12,17,20-21,23-24H2,1-2H3,(H2,35,37,40). The Hall–Kier alpha value is -3.62. The molecule has 3 aromatic carbocycles. The first-order valence-electron chi connectivity index (χ1n) is 15.0. The average molecular weight is 585 g/mol. The number of urea groups is 1. The number of benzene rings is 3. The van der Waals surface area contributed by atoms with Crippen molar-refractivity contribution in [3.63, 3.8) is 0 Å². The highest BCUT2D eigenvalue weighted by molar-refractivity contribution is 7.98. The summed E-state index contributed by atoms with van der Waals surface area (Å²) >= 11 is 1.28. The Morgan fingerprint density at radius 3 is 2.52 bits per heavy atom. The van der Waals surface area contributed by atoms with Crippen molar-refractivity contribution < 1.29 is 14.3 Å². The molecule has 0 saturated heterocycles. The highest BCUT2D eigenvalue weighted by atomic mass is 32.2. The maximum atomic E-state index is 13.7. The zero-order valence-electron chi connectivity index (χ0n) is 24.5. The lowest BCUT2D eigenvalue weighted by Crippen LogP contribution is -2.40. The van der Waals surface area contributed by atoms with Crippen molar-refractivity contribution in [2.24, 2.45) is 4.99 Å². The van der Waals surface area contributed by atoms with E-state index in [0.717, 1.165) is 83.6 Å². The first-order chi connectivity index (χ1) is 20.5. The van der Waals surface area contributed by atoms with Gasteiger partial charge in [-0.2, -0.15) is 0 Å². The highest BCUT2D eigenvalue weighted by Gasteiger charge is 2.49. The van der Waals surface area contributed by atoms with Crippen molar-refractivity contribution in [1.82, 2.24) is 9.62 Å². The van der Waals surface area contributed by atoms with Crippen LogP contribution in [-0.4, -0.2) is 34.8 Å². The number of nitrogens with zero attached hydrogens (tertiary/aromatic N) is 2. The number of nitrogens with one attached hydrogen (secondary N) is 2. The van der Waals surface area contributed by atoms with Gasteiger partial charge in [-0.1, -0.05) is 80.8 Å². The maximum Gasteiger partial charge on any atom is 0.329 e. The predicted molar refractivity (Wildman–Crippen MR) is 170 cm³/mol. The lowest BCUT2D eigenvalue weighted by atomic mass is 9.96. The quantitative estimate of drug-likeness (QED) is 0.212. The van der Waals surface area contributed by atoms with E-state index >= 15 is 0 Å². The molecule has 1 spiro atoms. The van der Waals surface area contributed by atoms with E-state index in [2.05, 4.69) is 41.2 Å². The van der Waals surface area contributed by atoms with Gasteiger partial charge < -0.3 is 10.1 Å². The Kier molecular flexibility index (Phi) is 9.97. The second-order valence-corrected chi connectivity index (χ2v) is 11.8. The molecule has 0 atom stereocenters. The monoisotopic (exact) mass is 584 g/mol. The van der Waals surface area contributed by atoms with Gasteiger partial charge in [-0.3, -0.25) is 19.4 Å². The summed E-state index contributed by atoms with van der Waals surface area (Å²) in [5.74, 6) is 1.11. The molecule has 1 saturated carbocycles. The number of para-hydroxylation sites is 1. The number of anilines is 1. The summed E-state index contributed by atoms with van der Waals surface area (Å²) in [5.41, 5.74) is 4.36. The van der Waals surface area contributed by atoms with Gasteiger partial charge in [0.2, 0.25) is 0 Å². The van der Waals surface area contributed by atoms with Crippen LogP contribution in [0.2, 0.25) is 0 Å². The van der Waals surface area contributed by atoms with Gasteiger partial charge in [0.15, 0.2) is 0 Å². The Morgan fingerprint density at radius 1 is 1.00 bits per heavy atom. The van der Waals surface area contributed by atoms with Gasteiger partial charge in [-0.15, -0.1) is 0 Å². The summed E-state index contributed by atoms with van der Waals surface area (Å²) < 4.78 is 8.80. The fourth-order valence-corrected chi connectivity index (χ4v) is 6.47. The Labute approximate surface area is 253 Å². The number of ether oxygens (including phenoxy) is 1. The van der Waals surface area contributed by atoms with Crippen LogP contribution in [0.1, 0.15) is 69.9 Å². The Balaban J connectivity index is 1.37. The van der Waals surface area contributed by atoms with Crippen molar-refractivity contribution >= 4 is 35.4 Å². The third kappa shape index (κ3) is 6.88. The van der Waals surface area contributed by atoms with Gasteiger partial charge >= 0.3 is 6.03 Å². The third-order valence-electron chi connectivity index (χ3n) is 7.92. The normalized spacial score (nSPS) is 15.7. The molecule has 0 aromatic heterocycles. The van der Waals surface area contributed by atoms with Crippen LogP contribution >= 0.6 is 11.9 Å². The molecule has 0 unspecified atom stereocenters. The van der Waals surface area contributed by atoms with Crippen LogP contribution < -0.4 is 10.0 Å². The molecule has 2 N–H and O–H groups in total. The van der Waals surface area contributed by atoms with E-state index in [0.29, 0.717) is 19.8 Å². The van der Waals surface area contributed by atoms with Crippen LogP contribution in [-0.2, 0) is 22.7 Å². The van der Waals surface area contributed by atoms with Crippen LogP contribution in [0.3, 0.4) is 0 Å². The number of amides is 3. The number of unbranched alkanes of at least 4 members (excludes halogenated alkanes) is 1. The minimum atomic E-state index is -0.535. The van der Waals surface area contributed by atoms with Crippen molar-refractivity contribution in [2.45, 2.75) is 82.4 Å². The molecule has 2 aliphatic rings. The molecular weight excluding hydrogens is 544 g/mol. The molecule has 5 rings (SSSR count). The fraction of sp³-hybridized carbons (Fsp3) is 0.382. The summed E-state index contributed by atoms with van der Waals surface area (Å²) in [6.45, 7) is 5.73. The van der Waals surface area contributed by atoms with Gasteiger partial charge in [0, 0.05) is 23.6 Å². The van der Waals surface area contributed by atoms with Crippen LogP contribution in [0, 0.1) is 0 Å². The molecule has 3 amide bonds. The number of carbonyl (C=O) groups is 2. The molecule has 220 valence electrons. The number of hydrogen-bond acceptors (Lipinski definition) is 5. The van der Waals surface area contributed by atoms with Crippen LogP contribution in [0.4, 0.5) is 10.5 Å². The first kappa shape index (κ1) is 29.9. The molecule has 1 fully saturated rings. The molecule has 8 heteroatoms. The van der Waals surface area contributed by atoms with Crippen molar-refractivity contribution in [3.05, 3.63) is 83.9 Å². The van der Waals surface area contributed by atoms with E-state index < -0.39 is 5.54 Å². The van der Waals surface area contributed by atoms with Gasteiger partial charge in [0.25, 0.3) is 5.91 Å². The maximum absolute atomic E-state index is 13.7. The van der Waals surface area contributed by atoms with Crippen molar-refractivity contribution in [2.75, 3.05) is 11.9 Å². The highest BCUT2D eigenvalue weighted by Crippen LogP contribution is 2.40. The Bertz CT molecular complexity index is 1420. The molecule has 0 radical (unpaired) electrons. The van der Waals surface area contributed by atoms with E-state index in [9.17, 15) is 9.59 Å². The summed E-state index contributed by atoms with van der Waals surface area (Å²) in [4.78, 5) is 34.2. The topological polar surface area (TPSA) is 83.0 Å². The average Bonchev–Trinajstić information content (AvgIpc) is 3.59. The van der Waals surface area contributed by atoms with Crippen LogP contribution in [0.5, 0.6) is 0 Å². The molecule has 1 heterocycles. The number of aliphatic imine (C=N–C) groups is 1. The SMILES string of the molecule is CCCCC1=NC2(CCCC2)C(=O)N1Cc1ccc(-c2ccccc2SNC(=O)Nc2ccccc2)c(COCC)c1. The summed E-state index contributed by atoms with van der Waals surface area (Å²) in [5, 5.41) is 2.86. The van der Waals surface area contributed by atoms with E-state index in [-0.39, 0.29) is 11.9 Å². The molecule has 1 aliphatic carbocycles. The van der Waals surface area contributed by atoms with Gasteiger partial charge in [-0.05, 0) is 78.6 Å². The predicted octanol–water partition coefficient (Wildman–Crippen LogP) is 7.96. The molecular formula is C34H40N4O3S. The van der Waals surface area contributed by atoms with E-state index in [4.69, 9.17) is 9.73 Å².